The molecule has 0 N–H and O–H groups in total. The molecule has 2 aromatic rings. The largest absolute Gasteiger partial charge is 0.299 e. The van der Waals surface area contributed by atoms with E-state index in [9.17, 15) is 17.6 Å². The second kappa shape index (κ2) is 12.7. The van der Waals surface area contributed by atoms with Crippen molar-refractivity contribution in [3.05, 3.63) is 65.2 Å². The molecular formula is C24H26BF4N5S. The van der Waals surface area contributed by atoms with Crippen molar-refractivity contribution < 1.29 is 17.6 Å². The van der Waals surface area contributed by atoms with Gasteiger partial charge in [0.2, 0.25) is 0 Å². The second-order valence-electron chi connectivity index (χ2n) is 7.85. The molecule has 0 saturated carbocycles. The van der Waals surface area contributed by atoms with E-state index in [1.807, 2.05) is 13.8 Å². The van der Waals surface area contributed by atoms with Gasteiger partial charge in [0.05, 0.1) is 17.9 Å². The first-order chi connectivity index (χ1) is 16.9. The lowest BCUT2D eigenvalue weighted by molar-refractivity contribution is 0.224. The van der Waals surface area contributed by atoms with Crippen LogP contribution in [-0.4, -0.2) is 42.0 Å². The van der Waals surface area contributed by atoms with Gasteiger partial charge in [0.1, 0.15) is 17.3 Å². The van der Waals surface area contributed by atoms with Crippen LogP contribution >= 0.6 is 12.1 Å². The first-order valence-corrected chi connectivity index (χ1v) is 12.2. The topological polar surface area (TPSA) is 55.0 Å². The SMILES string of the molecule is CC.N#CB1CCN(SN(Cc2ccc(C3=NN=C(C(F)F)C3)cc2F)c2cccc(F)c2)CC1. The highest BCUT2D eigenvalue weighted by atomic mass is 32.2. The van der Waals surface area contributed by atoms with Crippen molar-refractivity contribution >= 4 is 36.0 Å². The van der Waals surface area contributed by atoms with Crippen LogP contribution in [0.1, 0.15) is 31.4 Å². The lowest BCUT2D eigenvalue weighted by Crippen LogP contribution is -2.35. The van der Waals surface area contributed by atoms with Gasteiger partial charge in [-0.15, -0.1) is 0 Å². The zero-order valence-electron chi connectivity index (χ0n) is 19.6. The molecule has 0 atom stereocenters. The number of halogens is 4. The summed E-state index contributed by atoms with van der Waals surface area (Å²) in [7, 11) is 0. The van der Waals surface area contributed by atoms with E-state index in [0.29, 0.717) is 35.6 Å². The first-order valence-electron chi connectivity index (χ1n) is 11.5. The van der Waals surface area contributed by atoms with Crippen molar-refractivity contribution in [3.63, 3.8) is 0 Å². The van der Waals surface area contributed by atoms with Crippen molar-refractivity contribution in [2.45, 2.75) is 45.9 Å². The maximum Gasteiger partial charge on any atom is 0.278 e. The van der Waals surface area contributed by atoms with Crippen LogP contribution in [0.4, 0.5) is 23.2 Å². The Balaban J connectivity index is 0.00000167. The summed E-state index contributed by atoms with van der Waals surface area (Å²) in [6, 6.07) is 10.6. The predicted octanol–water partition coefficient (Wildman–Crippen LogP) is 6.25. The van der Waals surface area contributed by atoms with Crippen molar-refractivity contribution in [1.82, 2.24) is 4.31 Å². The summed E-state index contributed by atoms with van der Waals surface area (Å²) in [5, 5.41) is 16.4. The molecule has 0 aliphatic carbocycles. The molecule has 2 aliphatic rings. The average molecular weight is 503 g/mol. The number of nitrogens with zero attached hydrogens (tertiary/aromatic N) is 5. The minimum absolute atomic E-state index is 0.0301. The van der Waals surface area contributed by atoms with E-state index in [-0.39, 0.29) is 25.4 Å². The minimum Gasteiger partial charge on any atom is -0.299 e. The van der Waals surface area contributed by atoms with Crippen molar-refractivity contribution in [1.29, 1.82) is 5.26 Å². The van der Waals surface area contributed by atoms with E-state index in [0.717, 1.165) is 12.6 Å². The Kier molecular flexibility index (Phi) is 9.75. The van der Waals surface area contributed by atoms with Gasteiger partial charge in [0.25, 0.3) is 13.1 Å². The fraction of sp³-hybridized carbons (Fsp3) is 0.375. The standard InChI is InChI=1S/C22H20BF4N5S.C2H6/c24-17-2-1-3-18(11-17)32(33-31-8-6-23(14-28)7-9-31)13-16-5-4-15(10-19(16)25)20-12-21(22(26)27)30-29-20;1-2/h1-5,10-11,22H,6-9,12-13H2;1-2H3. The van der Waals surface area contributed by atoms with Gasteiger partial charge in [0, 0.05) is 48.7 Å². The second-order valence-corrected chi connectivity index (χ2v) is 8.97. The minimum atomic E-state index is -2.69. The van der Waals surface area contributed by atoms with Crippen molar-refractivity contribution in [2.75, 3.05) is 17.4 Å². The predicted molar refractivity (Wildman–Crippen MR) is 135 cm³/mol. The third-order valence-corrected chi connectivity index (χ3v) is 6.68. The van der Waals surface area contributed by atoms with E-state index >= 15 is 0 Å². The van der Waals surface area contributed by atoms with Gasteiger partial charge in [-0.1, -0.05) is 32.0 Å². The molecule has 5 nitrogen and oxygen atoms in total. The Morgan fingerprint density at radius 1 is 1.11 bits per heavy atom. The molecular weight excluding hydrogens is 477 g/mol. The quantitative estimate of drug-likeness (QED) is 0.255. The maximum absolute atomic E-state index is 15.0. The molecule has 35 heavy (non-hydrogen) atoms. The Morgan fingerprint density at radius 3 is 2.46 bits per heavy atom. The monoisotopic (exact) mass is 503 g/mol. The third kappa shape index (κ3) is 7.09. The number of anilines is 1. The lowest BCUT2D eigenvalue weighted by atomic mass is 9.45. The van der Waals surface area contributed by atoms with Crippen LogP contribution in [-0.2, 0) is 6.54 Å². The molecule has 2 aromatic carbocycles. The van der Waals surface area contributed by atoms with Crippen LogP contribution in [0.15, 0.2) is 52.7 Å². The molecule has 0 bridgehead atoms. The summed E-state index contributed by atoms with van der Waals surface area (Å²) in [6.07, 6.45) is -1.31. The highest BCUT2D eigenvalue weighted by Crippen LogP contribution is 2.31. The molecule has 4 rings (SSSR count). The van der Waals surface area contributed by atoms with E-state index in [1.54, 1.807) is 28.6 Å². The normalized spacial score (nSPS) is 15.8. The van der Waals surface area contributed by atoms with Gasteiger partial charge in [0.15, 0.2) is 0 Å². The number of rotatable bonds is 7. The summed E-state index contributed by atoms with van der Waals surface area (Å²) in [6.45, 7) is 5.58. The molecule has 2 heterocycles. The lowest BCUT2D eigenvalue weighted by Gasteiger charge is -2.33. The van der Waals surface area contributed by atoms with E-state index in [1.165, 1.54) is 30.3 Å². The summed E-state index contributed by atoms with van der Waals surface area (Å²) in [5.41, 5.74) is 1.33. The molecule has 0 unspecified atom stereocenters. The first kappa shape index (κ1) is 26.8. The Morgan fingerprint density at radius 2 is 1.86 bits per heavy atom. The molecule has 1 saturated heterocycles. The zero-order chi connectivity index (χ0) is 25.4. The van der Waals surface area contributed by atoms with E-state index in [4.69, 9.17) is 5.26 Å². The van der Waals surface area contributed by atoms with Gasteiger partial charge < -0.3 is 0 Å². The maximum atomic E-state index is 15.0. The van der Waals surface area contributed by atoms with Crippen molar-refractivity contribution in [3.8, 4) is 5.97 Å². The summed E-state index contributed by atoms with van der Waals surface area (Å²) < 4.78 is 58.4. The van der Waals surface area contributed by atoms with Gasteiger partial charge in [-0.25, -0.2) is 27.1 Å². The van der Waals surface area contributed by atoms with Gasteiger partial charge in [-0.05, 0) is 36.9 Å². The number of nitriles is 1. The number of hydrogen-bond acceptors (Lipinski definition) is 6. The van der Waals surface area contributed by atoms with E-state index in [2.05, 4.69) is 20.5 Å². The Hall–Kier alpha value is -2.84. The Bertz CT molecular complexity index is 1110. The van der Waals surface area contributed by atoms with Crippen LogP contribution in [0, 0.1) is 22.9 Å². The molecule has 0 spiro atoms. The fourth-order valence-corrected chi connectivity index (χ4v) is 4.72. The fourth-order valence-electron chi connectivity index (χ4n) is 3.66. The van der Waals surface area contributed by atoms with Crippen LogP contribution in [0.3, 0.4) is 0 Å². The van der Waals surface area contributed by atoms with Crippen LogP contribution in [0.2, 0.25) is 12.6 Å². The smallest absolute Gasteiger partial charge is 0.278 e. The van der Waals surface area contributed by atoms with Crippen LogP contribution in [0.25, 0.3) is 0 Å². The van der Waals surface area contributed by atoms with Gasteiger partial charge >= 0.3 is 0 Å². The van der Waals surface area contributed by atoms with Gasteiger partial charge in [-0.2, -0.15) is 10.2 Å². The van der Waals surface area contributed by atoms with Crippen LogP contribution < -0.4 is 4.31 Å². The summed E-state index contributed by atoms with van der Waals surface area (Å²) in [4.78, 5) is 0. The third-order valence-electron chi connectivity index (χ3n) is 5.55. The summed E-state index contributed by atoms with van der Waals surface area (Å²) >= 11 is 1.38. The molecule has 0 radical (unpaired) electrons. The summed E-state index contributed by atoms with van der Waals surface area (Å²) in [5.74, 6) is 1.39. The zero-order valence-corrected chi connectivity index (χ0v) is 20.4. The average Bonchev–Trinajstić information content (AvgIpc) is 3.37. The molecule has 11 heteroatoms. The molecule has 184 valence electrons. The number of hydrogen-bond donors (Lipinski definition) is 0. The molecule has 2 aliphatic heterocycles. The molecule has 1 fully saturated rings. The highest BCUT2D eigenvalue weighted by Gasteiger charge is 2.26. The van der Waals surface area contributed by atoms with Gasteiger partial charge in [-0.3, -0.25) is 4.31 Å². The Labute approximate surface area is 207 Å². The van der Waals surface area contributed by atoms with Crippen LogP contribution in [0.5, 0.6) is 0 Å². The highest BCUT2D eigenvalue weighted by molar-refractivity contribution is 7.98. The molecule has 0 aromatic heterocycles. The number of benzene rings is 2. The van der Waals surface area contributed by atoms with E-state index < -0.39 is 18.1 Å². The van der Waals surface area contributed by atoms with Crippen molar-refractivity contribution in [2.24, 2.45) is 10.2 Å². The number of alkyl halides is 2. The molecule has 0 amide bonds.